The van der Waals surface area contributed by atoms with Crippen molar-refractivity contribution in [3.05, 3.63) is 275 Å². The van der Waals surface area contributed by atoms with Gasteiger partial charge < -0.3 is 0 Å². The Bertz CT molecular complexity index is 4060. The molecule has 77 heavy (non-hydrogen) atoms. The first kappa shape index (κ1) is 48.7. The zero-order chi connectivity index (χ0) is 53.0. The van der Waals surface area contributed by atoms with E-state index in [1.165, 1.54) is 118 Å². The van der Waals surface area contributed by atoms with Crippen LogP contribution in [-0.4, -0.2) is 5.78 Å². The number of hydrogen-bond donors (Lipinski definition) is 0. The fourth-order valence-corrected chi connectivity index (χ4v) is 16.4. The lowest BCUT2D eigenvalue weighted by Crippen LogP contribution is -2.30. The van der Waals surface area contributed by atoms with Gasteiger partial charge in [-0.05, 0) is 182 Å². The van der Waals surface area contributed by atoms with Crippen molar-refractivity contribution in [2.75, 3.05) is 0 Å². The molecule has 0 fully saturated rings. The minimum Gasteiger partial charge on any atom is -0.293 e. The molecular formula is C71H54N2OS3. The zero-order valence-corrected chi connectivity index (χ0v) is 46.4. The molecule has 3 nitrogen and oxygen atoms in total. The van der Waals surface area contributed by atoms with Gasteiger partial charge in [0, 0.05) is 40.4 Å². The maximum absolute atomic E-state index is 14.1. The van der Waals surface area contributed by atoms with Crippen molar-refractivity contribution in [3.63, 3.8) is 0 Å². The van der Waals surface area contributed by atoms with Crippen LogP contribution in [0.25, 0.3) is 47.3 Å². The molecule has 0 bridgehead atoms. The van der Waals surface area contributed by atoms with E-state index in [2.05, 4.69) is 204 Å². The van der Waals surface area contributed by atoms with Gasteiger partial charge in [0.1, 0.15) is 17.7 Å². The Balaban J connectivity index is 0.996. The highest BCUT2D eigenvalue weighted by molar-refractivity contribution is 7.24. The van der Waals surface area contributed by atoms with E-state index in [0.717, 1.165) is 12.8 Å². The smallest absolute Gasteiger partial charge is 0.173 e. The Labute approximate surface area is 463 Å². The molecule has 0 aliphatic heterocycles. The van der Waals surface area contributed by atoms with Gasteiger partial charge >= 0.3 is 0 Å². The molecule has 372 valence electrons. The largest absolute Gasteiger partial charge is 0.293 e. The molecule has 6 heteroatoms. The molecule has 0 amide bonds. The number of carbonyl (C=O) groups is 1. The van der Waals surface area contributed by atoms with E-state index in [1.54, 1.807) is 0 Å². The molecule has 0 saturated carbocycles. The summed E-state index contributed by atoms with van der Waals surface area (Å²) in [6.45, 7) is 12.8. The van der Waals surface area contributed by atoms with Crippen molar-refractivity contribution in [2.24, 2.45) is 5.41 Å². The van der Waals surface area contributed by atoms with Crippen LogP contribution in [0.5, 0.6) is 0 Å². The minimum absolute atomic E-state index is 0.0142. The number of aryl methyl sites for hydroxylation is 6. The summed E-state index contributed by atoms with van der Waals surface area (Å²) in [6, 6.07) is 72.7. The number of thiophene rings is 3. The van der Waals surface area contributed by atoms with Gasteiger partial charge in [-0.2, -0.15) is 10.5 Å². The van der Waals surface area contributed by atoms with Gasteiger partial charge in [-0.3, -0.25) is 4.79 Å². The lowest BCUT2D eigenvalue weighted by atomic mass is 9.65. The molecular weight excluding hydrogens is 993 g/mol. The number of nitriles is 2. The summed E-state index contributed by atoms with van der Waals surface area (Å²) >= 11 is 5.58. The number of ketones is 1. The van der Waals surface area contributed by atoms with Gasteiger partial charge in [0.15, 0.2) is 5.78 Å². The molecule has 3 aliphatic rings. The van der Waals surface area contributed by atoms with Crippen LogP contribution in [0, 0.1) is 62.7 Å². The SMILES string of the molecule is Cc1ccc(C2(c3ccc(C)cc3)c3cc(-c4ccc(C)s4)ccc3-c3cc4c(cc32)-c2sc(-c3ccc(CCCC5(C)C(=O)c6ccccc6C5=C(C#N)C#N)s3)cc2C4(c2ccc(C)cc2)c2ccc(C)cc2)cc1. The maximum Gasteiger partial charge on any atom is 0.173 e. The Kier molecular flexibility index (Phi) is 11.6. The second-order valence-corrected chi connectivity index (χ2v) is 25.2. The number of hydrogen-bond acceptors (Lipinski definition) is 6. The molecule has 0 spiro atoms. The average Bonchev–Trinajstić information content (AvgIpc) is 4.06. The second kappa shape index (κ2) is 18.4. The van der Waals surface area contributed by atoms with Crippen LogP contribution in [0.1, 0.15) is 112 Å². The number of carbonyl (C=O) groups excluding carboxylic acids is 1. The molecule has 0 saturated heterocycles. The number of fused-ring (bicyclic) bond motifs is 7. The highest BCUT2D eigenvalue weighted by Gasteiger charge is 2.53. The second-order valence-electron chi connectivity index (χ2n) is 21.7. The summed E-state index contributed by atoms with van der Waals surface area (Å²) in [6.07, 6.45) is 2.04. The van der Waals surface area contributed by atoms with Crippen LogP contribution < -0.4 is 0 Å². The zero-order valence-electron chi connectivity index (χ0n) is 44.0. The monoisotopic (exact) mass is 1050 g/mol. The van der Waals surface area contributed by atoms with E-state index in [1.807, 2.05) is 65.2 Å². The third-order valence-corrected chi connectivity index (χ3v) is 20.6. The topological polar surface area (TPSA) is 64.7 Å². The van der Waals surface area contributed by atoms with Gasteiger partial charge in [0.05, 0.1) is 16.2 Å². The number of benzene rings is 7. The van der Waals surface area contributed by atoms with Gasteiger partial charge in [-0.1, -0.05) is 156 Å². The van der Waals surface area contributed by atoms with Crippen LogP contribution >= 0.6 is 34.0 Å². The lowest BCUT2D eigenvalue weighted by Gasteiger charge is -2.36. The Hall–Kier alpha value is -7.97. The van der Waals surface area contributed by atoms with Crippen molar-refractivity contribution in [2.45, 2.75) is 71.6 Å². The Morgan fingerprint density at radius 3 is 1.55 bits per heavy atom. The summed E-state index contributed by atoms with van der Waals surface area (Å²) in [5, 5.41) is 20.1. The molecule has 3 heterocycles. The molecule has 10 aromatic rings. The first-order valence-electron chi connectivity index (χ1n) is 26.5. The van der Waals surface area contributed by atoms with Crippen LogP contribution in [0.3, 0.4) is 0 Å². The van der Waals surface area contributed by atoms with E-state index in [-0.39, 0.29) is 11.4 Å². The minimum atomic E-state index is -0.953. The van der Waals surface area contributed by atoms with Crippen molar-refractivity contribution < 1.29 is 4.79 Å². The summed E-state index contributed by atoms with van der Waals surface area (Å²) in [4.78, 5) is 21.6. The van der Waals surface area contributed by atoms with E-state index in [0.29, 0.717) is 23.1 Å². The van der Waals surface area contributed by atoms with Gasteiger partial charge in [-0.25, -0.2) is 0 Å². The molecule has 3 aromatic heterocycles. The number of allylic oxidation sites excluding steroid dienone is 2. The molecule has 1 atom stereocenters. The van der Waals surface area contributed by atoms with Crippen molar-refractivity contribution in [1.29, 1.82) is 10.5 Å². The molecule has 0 radical (unpaired) electrons. The van der Waals surface area contributed by atoms with Crippen LogP contribution in [0.2, 0.25) is 0 Å². The van der Waals surface area contributed by atoms with E-state index < -0.39 is 16.2 Å². The first-order valence-corrected chi connectivity index (χ1v) is 28.9. The number of Topliss-reactive ketones (excluding diaryl/α,β-unsaturated/α-hetero) is 1. The predicted octanol–water partition coefficient (Wildman–Crippen LogP) is 18.5. The Morgan fingerprint density at radius 1 is 0.468 bits per heavy atom. The van der Waals surface area contributed by atoms with E-state index >= 15 is 0 Å². The fraction of sp³-hybridized carbons (Fsp3) is 0.169. The van der Waals surface area contributed by atoms with Crippen LogP contribution in [0.15, 0.2) is 188 Å². The molecule has 3 aliphatic carbocycles. The quantitative estimate of drug-likeness (QED) is 0.128. The fourth-order valence-electron chi connectivity index (χ4n) is 13.2. The maximum atomic E-state index is 14.1. The van der Waals surface area contributed by atoms with Crippen LogP contribution in [-0.2, 0) is 17.3 Å². The van der Waals surface area contributed by atoms with Gasteiger partial charge in [0.2, 0.25) is 0 Å². The molecule has 7 aromatic carbocycles. The number of nitrogens with zero attached hydrogens (tertiary/aromatic N) is 2. The summed E-state index contributed by atoms with van der Waals surface area (Å²) in [5.41, 5.74) is 19.9. The summed E-state index contributed by atoms with van der Waals surface area (Å²) < 4.78 is 0. The third kappa shape index (κ3) is 7.34. The van der Waals surface area contributed by atoms with E-state index in [4.69, 9.17) is 0 Å². The molecule has 1 unspecified atom stereocenters. The highest BCUT2D eigenvalue weighted by atomic mass is 32.1. The predicted molar refractivity (Wildman–Crippen MR) is 319 cm³/mol. The van der Waals surface area contributed by atoms with Crippen molar-refractivity contribution >= 4 is 45.4 Å². The molecule has 13 rings (SSSR count). The van der Waals surface area contributed by atoms with Gasteiger partial charge in [0.25, 0.3) is 0 Å². The van der Waals surface area contributed by atoms with Crippen molar-refractivity contribution in [1.82, 2.24) is 0 Å². The number of rotatable bonds is 10. The average molecular weight is 1050 g/mol. The summed E-state index contributed by atoms with van der Waals surface area (Å²) in [5.74, 6) is -0.0142. The Morgan fingerprint density at radius 2 is 0.987 bits per heavy atom. The first-order chi connectivity index (χ1) is 37.4. The molecule has 0 N–H and O–H groups in total. The standard InChI is InChI=1S/C71H54N2OS3/c1-42-13-23-49(24-14-42)70(50-25-15-43(2)16-26-50)59-36-47(63-33-21-46(5)75-63)22-32-54(59)57-37-61-58(38-60(57)70)67-62(71(61,51-27-17-44(3)18-28-51)52-29-19-45(4)20-30-52)39-65(77-67)64-34-31-53(76-64)10-9-35-69(6)66(48(40-72)41-73)55-11-7-8-12-56(55)68(69)74/h7-8,11-34,36-39H,9-10,35H2,1-6H3. The highest BCUT2D eigenvalue weighted by Crippen LogP contribution is 2.65. The summed E-state index contributed by atoms with van der Waals surface area (Å²) in [7, 11) is 0. The van der Waals surface area contributed by atoms with E-state index in [9.17, 15) is 15.3 Å². The van der Waals surface area contributed by atoms with Crippen LogP contribution in [0.4, 0.5) is 0 Å². The lowest BCUT2D eigenvalue weighted by molar-refractivity contribution is 0.0880. The third-order valence-electron chi connectivity index (χ3n) is 17.0. The van der Waals surface area contributed by atoms with Gasteiger partial charge in [-0.15, -0.1) is 34.0 Å². The normalized spacial score (nSPS) is 16.1. The van der Waals surface area contributed by atoms with Crippen molar-refractivity contribution in [3.8, 4) is 53.9 Å².